The number of rotatable bonds is 30. The van der Waals surface area contributed by atoms with Crippen LogP contribution in [0.4, 0.5) is 0 Å². The van der Waals surface area contributed by atoms with Gasteiger partial charge in [-0.1, -0.05) is 50.3 Å². The first-order valence-electron chi connectivity index (χ1n) is 24.8. The van der Waals surface area contributed by atoms with Crippen LogP contribution in [0.2, 0.25) is 0 Å². The third kappa shape index (κ3) is 19.0. The molecule has 0 bridgehead atoms. The maximum Gasteiger partial charge on any atom is 0.330 e. The number of esters is 2. The molecule has 62 heavy (non-hydrogen) atoms. The molecule has 0 saturated heterocycles. The van der Waals surface area contributed by atoms with E-state index in [1.807, 2.05) is 0 Å². The van der Waals surface area contributed by atoms with Gasteiger partial charge in [-0.2, -0.15) is 0 Å². The Labute approximate surface area is 374 Å². The van der Waals surface area contributed by atoms with E-state index in [1.165, 1.54) is 100 Å². The molecule has 2 atom stereocenters. The zero-order valence-electron chi connectivity index (χ0n) is 38.1. The summed E-state index contributed by atoms with van der Waals surface area (Å²) in [5.74, 6) is 4.19. The van der Waals surface area contributed by atoms with E-state index in [9.17, 15) is 9.59 Å². The fraction of sp³-hybridized carbons (Fsp3) is 0.667. The number of hydrogen-bond donors (Lipinski definition) is 0. The maximum absolute atomic E-state index is 11.1. The summed E-state index contributed by atoms with van der Waals surface area (Å²) in [6, 6.07) is 17.7. The SMILES string of the molecule is C=CC(=O)OCCCCCCOc1ccc(C2CCC(CCCO[C@@H]3CCCC[C@H]3OCCCC3CCC(c4ccc(OCCCCCCOC(=O)C=C)cc4)CC3)CC2)cc1. The summed E-state index contributed by atoms with van der Waals surface area (Å²) in [7, 11) is 0. The van der Waals surface area contributed by atoms with Gasteiger partial charge in [0.15, 0.2) is 0 Å². The molecule has 3 aliphatic rings. The number of benzene rings is 2. The summed E-state index contributed by atoms with van der Waals surface area (Å²) in [6.07, 6.45) is 31.0. The highest BCUT2D eigenvalue weighted by Gasteiger charge is 2.28. The molecular weight excluding hydrogens is 777 g/mol. The van der Waals surface area contributed by atoms with Crippen LogP contribution in [-0.4, -0.2) is 63.8 Å². The highest BCUT2D eigenvalue weighted by molar-refractivity contribution is 5.81. The van der Waals surface area contributed by atoms with Crippen molar-refractivity contribution in [1.29, 1.82) is 0 Å². The summed E-state index contributed by atoms with van der Waals surface area (Å²) in [5, 5.41) is 0. The van der Waals surface area contributed by atoms with E-state index in [-0.39, 0.29) is 24.1 Å². The minimum Gasteiger partial charge on any atom is -0.494 e. The van der Waals surface area contributed by atoms with Crippen molar-refractivity contribution in [3.05, 3.63) is 85.0 Å². The first kappa shape index (κ1) is 49.4. The van der Waals surface area contributed by atoms with E-state index in [2.05, 4.69) is 61.7 Å². The Bertz CT molecular complexity index is 1410. The van der Waals surface area contributed by atoms with Gasteiger partial charge in [0.25, 0.3) is 0 Å². The third-order valence-electron chi connectivity index (χ3n) is 13.7. The topological polar surface area (TPSA) is 89.5 Å². The Morgan fingerprint density at radius 1 is 0.452 bits per heavy atom. The Morgan fingerprint density at radius 2 is 0.823 bits per heavy atom. The average molecular weight is 857 g/mol. The van der Waals surface area contributed by atoms with Gasteiger partial charge in [0.2, 0.25) is 0 Å². The van der Waals surface area contributed by atoms with Gasteiger partial charge in [-0.3, -0.25) is 0 Å². The fourth-order valence-corrected chi connectivity index (χ4v) is 9.86. The highest BCUT2D eigenvalue weighted by Crippen LogP contribution is 2.39. The normalized spacial score (nSPS) is 22.6. The number of carbonyl (C=O) groups excluding carboxylic acids is 2. The van der Waals surface area contributed by atoms with E-state index >= 15 is 0 Å². The molecule has 344 valence electrons. The molecule has 0 heterocycles. The number of carbonyl (C=O) groups is 2. The van der Waals surface area contributed by atoms with E-state index in [1.54, 1.807) is 0 Å². The van der Waals surface area contributed by atoms with Crippen molar-refractivity contribution in [2.45, 2.75) is 178 Å². The molecule has 3 fully saturated rings. The molecule has 5 rings (SSSR count). The van der Waals surface area contributed by atoms with E-state index in [0.29, 0.717) is 25.0 Å². The van der Waals surface area contributed by atoms with Crippen LogP contribution in [0.3, 0.4) is 0 Å². The van der Waals surface area contributed by atoms with E-state index in [4.69, 9.17) is 28.4 Å². The van der Waals surface area contributed by atoms with Crippen molar-refractivity contribution in [3.8, 4) is 11.5 Å². The predicted octanol–water partition coefficient (Wildman–Crippen LogP) is 13.2. The second-order valence-corrected chi connectivity index (χ2v) is 18.2. The van der Waals surface area contributed by atoms with Gasteiger partial charge in [-0.25, -0.2) is 9.59 Å². The van der Waals surface area contributed by atoms with Crippen molar-refractivity contribution < 1.29 is 38.0 Å². The van der Waals surface area contributed by atoms with Crippen LogP contribution in [0.15, 0.2) is 73.8 Å². The standard InChI is InChI=1S/C54H80O8/c1-3-53(55)61-39-13-7-5-11-37-57-49-33-29-47(30-34-49)45-25-21-43(22-26-45)17-15-41-59-51-19-9-10-20-52(51)60-42-16-18-44-23-27-46(28-24-44)48-31-35-50(36-32-48)58-38-12-6-8-14-40-62-54(56)4-2/h3-4,29-36,43-46,51-52H,1-2,5-28,37-42H2/t43?,44?,45?,46?,51-,52-/m1/s1. The van der Waals surface area contributed by atoms with Crippen LogP contribution in [0, 0.1) is 11.8 Å². The molecule has 0 amide bonds. The first-order chi connectivity index (χ1) is 30.5. The lowest BCUT2D eigenvalue weighted by molar-refractivity contribution is -0.138. The Balaban J connectivity index is 0.851. The van der Waals surface area contributed by atoms with Crippen LogP contribution >= 0.6 is 0 Å². The number of hydrogen-bond acceptors (Lipinski definition) is 8. The van der Waals surface area contributed by atoms with Crippen LogP contribution in [0.5, 0.6) is 11.5 Å². The molecular formula is C54H80O8. The second kappa shape index (κ2) is 29.7. The summed E-state index contributed by atoms with van der Waals surface area (Å²) in [5.41, 5.74) is 2.91. The van der Waals surface area contributed by atoms with Gasteiger partial charge < -0.3 is 28.4 Å². The van der Waals surface area contributed by atoms with E-state index < -0.39 is 0 Å². The fourth-order valence-electron chi connectivity index (χ4n) is 9.86. The summed E-state index contributed by atoms with van der Waals surface area (Å²) < 4.78 is 35.1. The third-order valence-corrected chi connectivity index (χ3v) is 13.7. The van der Waals surface area contributed by atoms with Gasteiger partial charge in [0.05, 0.1) is 38.6 Å². The minimum absolute atomic E-state index is 0.270. The monoisotopic (exact) mass is 857 g/mol. The van der Waals surface area contributed by atoms with Crippen LogP contribution in [0.1, 0.15) is 177 Å². The molecule has 0 N–H and O–H groups in total. The smallest absolute Gasteiger partial charge is 0.330 e. The highest BCUT2D eigenvalue weighted by atomic mass is 16.5. The Morgan fingerprint density at radius 3 is 1.19 bits per heavy atom. The summed E-state index contributed by atoms with van der Waals surface area (Å²) >= 11 is 0. The minimum atomic E-state index is -0.345. The molecule has 0 aliphatic heterocycles. The molecule has 0 unspecified atom stereocenters. The largest absolute Gasteiger partial charge is 0.494 e. The van der Waals surface area contributed by atoms with Gasteiger partial charge >= 0.3 is 11.9 Å². The molecule has 0 aromatic heterocycles. The van der Waals surface area contributed by atoms with Crippen LogP contribution < -0.4 is 9.47 Å². The molecule has 2 aromatic rings. The van der Waals surface area contributed by atoms with Gasteiger partial charge in [-0.05, 0) is 200 Å². The van der Waals surface area contributed by atoms with Crippen molar-refractivity contribution in [1.82, 2.24) is 0 Å². The first-order valence-corrected chi connectivity index (χ1v) is 24.8. The molecule has 2 aromatic carbocycles. The number of unbranched alkanes of at least 4 members (excludes halogenated alkanes) is 6. The number of ether oxygens (including phenoxy) is 6. The van der Waals surface area contributed by atoms with Gasteiger partial charge in [-0.15, -0.1) is 0 Å². The zero-order chi connectivity index (χ0) is 43.5. The van der Waals surface area contributed by atoms with Crippen molar-refractivity contribution in [2.75, 3.05) is 39.6 Å². The zero-order valence-corrected chi connectivity index (χ0v) is 38.1. The van der Waals surface area contributed by atoms with Crippen molar-refractivity contribution in [2.24, 2.45) is 11.8 Å². The maximum atomic E-state index is 11.1. The van der Waals surface area contributed by atoms with E-state index in [0.717, 1.165) is 127 Å². The lowest BCUT2D eigenvalue weighted by Crippen LogP contribution is -2.35. The Kier molecular flexibility index (Phi) is 23.7. The predicted molar refractivity (Wildman–Crippen MR) is 249 cm³/mol. The quantitative estimate of drug-likeness (QED) is 0.0436. The lowest BCUT2D eigenvalue weighted by Gasteiger charge is -2.32. The van der Waals surface area contributed by atoms with Gasteiger partial charge in [0, 0.05) is 25.4 Å². The molecule has 0 spiro atoms. The molecule has 3 saturated carbocycles. The molecule has 3 aliphatic carbocycles. The average Bonchev–Trinajstić information content (AvgIpc) is 3.32. The van der Waals surface area contributed by atoms with Crippen LogP contribution in [-0.2, 0) is 28.5 Å². The molecule has 0 radical (unpaired) electrons. The molecule has 8 heteroatoms. The van der Waals surface area contributed by atoms with Gasteiger partial charge in [0.1, 0.15) is 11.5 Å². The second-order valence-electron chi connectivity index (χ2n) is 18.2. The van der Waals surface area contributed by atoms with Crippen molar-refractivity contribution in [3.63, 3.8) is 0 Å². The van der Waals surface area contributed by atoms with Crippen LogP contribution in [0.25, 0.3) is 0 Å². The lowest BCUT2D eigenvalue weighted by atomic mass is 9.77. The Hall–Kier alpha value is -3.62. The van der Waals surface area contributed by atoms with Crippen molar-refractivity contribution >= 4 is 11.9 Å². The summed E-state index contributed by atoms with van der Waals surface area (Å²) in [6.45, 7) is 10.9. The molecule has 8 nitrogen and oxygen atoms in total. The summed E-state index contributed by atoms with van der Waals surface area (Å²) in [4.78, 5) is 22.2.